The molecule has 0 unspecified atom stereocenters. The highest BCUT2D eigenvalue weighted by atomic mass is 16.1. The van der Waals surface area contributed by atoms with Gasteiger partial charge >= 0.3 is 0 Å². The third-order valence-electron chi connectivity index (χ3n) is 3.95. The molecule has 1 N–H and O–H groups in total. The van der Waals surface area contributed by atoms with Crippen molar-refractivity contribution in [2.24, 2.45) is 5.92 Å². The molecule has 2 aromatic heterocycles. The van der Waals surface area contributed by atoms with E-state index in [0.717, 1.165) is 29.6 Å². The van der Waals surface area contributed by atoms with Crippen molar-refractivity contribution in [3.8, 4) is 0 Å². The van der Waals surface area contributed by atoms with E-state index in [4.69, 9.17) is 0 Å². The van der Waals surface area contributed by atoms with Crippen LogP contribution in [0, 0.1) is 12.8 Å². The number of nitrogens with zero attached hydrogens (tertiary/aromatic N) is 3. The highest BCUT2D eigenvalue weighted by Gasteiger charge is 2.26. The van der Waals surface area contributed by atoms with Crippen LogP contribution in [0.4, 0.5) is 5.95 Å². The molecule has 1 saturated carbocycles. The van der Waals surface area contributed by atoms with Crippen LogP contribution >= 0.6 is 0 Å². The van der Waals surface area contributed by atoms with E-state index in [0.29, 0.717) is 24.3 Å². The summed E-state index contributed by atoms with van der Waals surface area (Å²) in [5.74, 6) is 1.02. The van der Waals surface area contributed by atoms with Gasteiger partial charge in [-0.15, -0.1) is 0 Å². The van der Waals surface area contributed by atoms with Crippen molar-refractivity contribution in [1.82, 2.24) is 14.5 Å². The van der Waals surface area contributed by atoms with Crippen LogP contribution in [0.5, 0.6) is 0 Å². The van der Waals surface area contributed by atoms with Crippen LogP contribution in [0.2, 0.25) is 0 Å². The zero-order chi connectivity index (χ0) is 15.0. The minimum Gasteiger partial charge on any atom is -0.296 e. The first kappa shape index (κ1) is 14.0. The van der Waals surface area contributed by atoms with Gasteiger partial charge in [0.2, 0.25) is 11.9 Å². The predicted octanol–water partition coefficient (Wildman–Crippen LogP) is 3.45. The number of imidazole rings is 1. The molecule has 1 fully saturated rings. The van der Waals surface area contributed by atoms with Crippen LogP contribution in [0.15, 0.2) is 12.3 Å². The van der Waals surface area contributed by atoms with Gasteiger partial charge in [0.1, 0.15) is 5.52 Å². The molecule has 5 nitrogen and oxygen atoms in total. The van der Waals surface area contributed by atoms with Gasteiger partial charge in [0.15, 0.2) is 5.65 Å². The highest BCUT2D eigenvalue weighted by molar-refractivity contribution is 5.91. The number of hydrogen-bond acceptors (Lipinski definition) is 3. The van der Waals surface area contributed by atoms with Crippen molar-refractivity contribution in [3.63, 3.8) is 0 Å². The van der Waals surface area contributed by atoms with Gasteiger partial charge in [0.05, 0.1) is 0 Å². The van der Waals surface area contributed by atoms with Crippen LogP contribution in [-0.4, -0.2) is 20.4 Å². The van der Waals surface area contributed by atoms with Gasteiger partial charge < -0.3 is 0 Å². The van der Waals surface area contributed by atoms with E-state index in [9.17, 15) is 4.79 Å². The van der Waals surface area contributed by atoms with Crippen LogP contribution in [0.1, 0.15) is 51.1 Å². The normalized spacial score (nSPS) is 15.4. The van der Waals surface area contributed by atoms with E-state index in [1.54, 1.807) is 0 Å². The molecule has 2 heterocycles. The van der Waals surface area contributed by atoms with Crippen LogP contribution in [0.25, 0.3) is 11.2 Å². The summed E-state index contributed by atoms with van der Waals surface area (Å²) < 4.78 is 2.11. The van der Waals surface area contributed by atoms with Crippen molar-refractivity contribution in [1.29, 1.82) is 0 Å². The first-order chi connectivity index (χ1) is 10.0. The molecule has 3 rings (SSSR count). The molecule has 0 aromatic carbocycles. The van der Waals surface area contributed by atoms with Crippen molar-refractivity contribution >= 4 is 23.0 Å². The number of aromatic nitrogens is 3. The Hall–Kier alpha value is -1.91. The minimum atomic E-state index is 0.0256. The summed E-state index contributed by atoms with van der Waals surface area (Å²) >= 11 is 0. The Morgan fingerprint density at radius 3 is 2.86 bits per heavy atom. The standard InChI is InChI=1S/C16H22N4O/c1-10(2)7-14(21)19-16-18-13-8-11(3)9-17-15(13)20(16)12-5-4-6-12/h8-10,12H,4-7H2,1-3H3,(H,18,19,21). The van der Waals surface area contributed by atoms with Gasteiger partial charge in [-0.3, -0.25) is 14.7 Å². The van der Waals surface area contributed by atoms with Gasteiger partial charge in [-0.05, 0) is 43.7 Å². The second-order valence-electron chi connectivity index (χ2n) is 6.39. The quantitative estimate of drug-likeness (QED) is 0.936. The Kier molecular flexibility index (Phi) is 3.66. The van der Waals surface area contributed by atoms with Gasteiger partial charge in [0, 0.05) is 18.7 Å². The average Bonchev–Trinajstić information content (AvgIpc) is 2.63. The molecule has 0 radical (unpaired) electrons. The fraction of sp³-hybridized carbons (Fsp3) is 0.562. The lowest BCUT2D eigenvalue weighted by molar-refractivity contribution is -0.116. The minimum absolute atomic E-state index is 0.0256. The average molecular weight is 286 g/mol. The molecule has 1 aliphatic rings. The van der Waals surface area contributed by atoms with Gasteiger partial charge in [-0.2, -0.15) is 0 Å². The second kappa shape index (κ2) is 5.47. The first-order valence-electron chi connectivity index (χ1n) is 7.69. The lowest BCUT2D eigenvalue weighted by atomic mass is 9.93. The number of pyridine rings is 1. The molecule has 5 heteroatoms. The topological polar surface area (TPSA) is 59.8 Å². The first-order valence-corrected chi connectivity index (χ1v) is 7.69. The maximum atomic E-state index is 12.1. The van der Waals surface area contributed by atoms with E-state index in [1.807, 2.05) is 33.0 Å². The third-order valence-corrected chi connectivity index (χ3v) is 3.95. The summed E-state index contributed by atoms with van der Waals surface area (Å²) in [7, 11) is 0. The Bertz CT molecular complexity index is 670. The van der Waals surface area contributed by atoms with Gasteiger partial charge in [-0.25, -0.2) is 9.97 Å². The monoisotopic (exact) mass is 286 g/mol. The van der Waals surface area contributed by atoms with Crippen LogP contribution < -0.4 is 5.32 Å². The van der Waals surface area contributed by atoms with Gasteiger partial charge in [-0.1, -0.05) is 13.8 Å². The molecule has 0 spiro atoms. The third kappa shape index (κ3) is 2.77. The van der Waals surface area contributed by atoms with Crippen molar-refractivity contribution in [3.05, 3.63) is 17.8 Å². The Balaban J connectivity index is 1.97. The van der Waals surface area contributed by atoms with Crippen molar-refractivity contribution < 1.29 is 4.79 Å². The number of aryl methyl sites for hydroxylation is 1. The smallest absolute Gasteiger partial charge is 0.226 e. The summed E-state index contributed by atoms with van der Waals surface area (Å²) in [4.78, 5) is 21.2. The largest absolute Gasteiger partial charge is 0.296 e. The zero-order valence-electron chi connectivity index (χ0n) is 12.9. The van der Waals surface area contributed by atoms with Crippen molar-refractivity contribution in [2.45, 2.75) is 52.5 Å². The lowest BCUT2D eigenvalue weighted by Crippen LogP contribution is -2.22. The molecule has 0 bridgehead atoms. The number of carbonyl (C=O) groups excluding carboxylic acids is 1. The summed E-state index contributed by atoms with van der Waals surface area (Å²) in [5.41, 5.74) is 2.83. The zero-order valence-corrected chi connectivity index (χ0v) is 12.9. The maximum absolute atomic E-state index is 12.1. The number of nitrogens with one attached hydrogen (secondary N) is 1. The Labute approximate surface area is 124 Å². The number of hydrogen-bond donors (Lipinski definition) is 1. The van der Waals surface area contributed by atoms with Gasteiger partial charge in [0.25, 0.3) is 0 Å². The van der Waals surface area contributed by atoms with Crippen molar-refractivity contribution in [2.75, 3.05) is 5.32 Å². The highest BCUT2D eigenvalue weighted by Crippen LogP contribution is 2.36. The summed E-state index contributed by atoms with van der Waals surface area (Å²) in [6, 6.07) is 2.44. The molecule has 21 heavy (non-hydrogen) atoms. The van der Waals surface area contributed by atoms with E-state index in [2.05, 4.69) is 19.9 Å². The number of carbonyl (C=O) groups is 1. The fourth-order valence-electron chi connectivity index (χ4n) is 2.71. The van der Waals surface area contributed by atoms with Crippen LogP contribution in [0.3, 0.4) is 0 Å². The van der Waals surface area contributed by atoms with Crippen LogP contribution in [-0.2, 0) is 4.79 Å². The molecule has 2 aromatic rings. The summed E-state index contributed by atoms with van der Waals surface area (Å²) in [6.45, 7) is 6.09. The molecular formula is C16H22N4O. The fourth-order valence-corrected chi connectivity index (χ4v) is 2.71. The van der Waals surface area contributed by atoms with E-state index >= 15 is 0 Å². The summed E-state index contributed by atoms with van der Waals surface area (Å²) in [6.07, 6.45) is 5.87. The lowest BCUT2D eigenvalue weighted by Gasteiger charge is -2.28. The second-order valence-corrected chi connectivity index (χ2v) is 6.39. The molecule has 0 atom stereocenters. The Morgan fingerprint density at radius 1 is 1.48 bits per heavy atom. The van der Waals surface area contributed by atoms with E-state index in [-0.39, 0.29) is 5.91 Å². The Morgan fingerprint density at radius 2 is 2.24 bits per heavy atom. The molecule has 112 valence electrons. The molecular weight excluding hydrogens is 264 g/mol. The molecule has 1 aliphatic carbocycles. The number of rotatable bonds is 4. The van der Waals surface area contributed by atoms with E-state index < -0.39 is 0 Å². The SMILES string of the molecule is Cc1cnc2c(c1)nc(NC(=O)CC(C)C)n2C1CCC1. The van der Waals surface area contributed by atoms with E-state index in [1.165, 1.54) is 6.42 Å². The summed E-state index contributed by atoms with van der Waals surface area (Å²) in [5, 5.41) is 2.97. The predicted molar refractivity (Wildman–Crippen MR) is 83.2 cm³/mol. The molecule has 1 amide bonds. The maximum Gasteiger partial charge on any atom is 0.226 e. The number of fused-ring (bicyclic) bond motifs is 1. The number of amides is 1. The number of anilines is 1. The molecule has 0 aliphatic heterocycles. The molecule has 0 saturated heterocycles.